The molecular formula is C9H12Se4. The van der Waals surface area contributed by atoms with Crippen molar-refractivity contribution in [1.29, 1.82) is 0 Å². The van der Waals surface area contributed by atoms with Gasteiger partial charge in [-0.25, -0.2) is 0 Å². The van der Waals surface area contributed by atoms with Gasteiger partial charge in [0.25, 0.3) is 0 Å². The molecule has 0 saturated heterocycles. The van der Waals surface area contributed by atoms with Crippen LogP contribution < -0.4 is 0 Å². The summed E-state index contributed by atoms with van der Waals surface area (Å²) < 4.78 is 7.98. The fraction of sp³-hybridized carbons (Fsp3) is 0.556. The third-order valence-electron chi connectivity index (χ3n) is 2.10. The van der Waals surface area contributed by atoms with Gasteiger partial charge in [0.2, 0.25) is 0 Å². The predicted octanol–water partition coefficient (Wildman–Crippen LogP) is 1.36. The minimum atomic E-state index is 0.857. The van der Waals surface area contributed by atoms with Gasteiger partial charge in [0, 0.05) is 0 Å². The van der Waals surface area contributed by atoms with Crippen LogP contribution in [0.1, 0.15) is 27.7 Å². The van der Waals surface area contributed by atoms with Crippen LogP contribution in [-0.2, 0) is 0 Å². The van der Waals surface area contributed by atoms with Crippen LogP contribution >= 0.6 is 0 Å². The molecule has 1 spiro atoms. The molecule has 13 heavy (non-hydrogen) atoms. The summed E-state index contributed by atoms with van der Waals surface area (Å²) >= 11 is 3.43. The molecule has 0 saturated carbocycles. The number of rotatable bonds is 0. The van der Waals surface area contributed by atoms with Gasteiger partial charge >= 0.3 is 106 Å². The number of hydrogen-bond donors (Lipinski definition) is 0. The van der Waals surface area contributed by atoms with E-state index in [-0.39, 0.29) is 0 Å². The van der Waals surface area contributed by atoms with Gasteiger partial charge in [0.1, 0.15) is 0 Å². The van der Waals surface area contributed by atoms with Gasteiger partial charge < -0.3 is 0 Å². The molecule has 4 heteroatoms. The van der Waals surface area contributed by atoms with Crippen LogP contribution in [0.2, 0.25) is 1.01 Å². The Morgan fingerprint density at radius 2 is 0.846 bits per heavy atom. The molecule has 2 aliphatic rings. The summed E-state index contributed by atoms with van der Waals surface area (Å²) in [6.07, 6.45) is 0. The van der Waals surface area contributed by atoms with E-state index in [1.165, 1.54) is 0 Å². The molecule has 0 aromatic carbocycles. The van der Waals surface area contributed by atoms with E-state index in [1.54, 1.807) is 17.9 Å². The van der Waals surface area contributed by atoms with Crippen molar-refractivity contribution in [2.75, 3.05) is 0 Å². The average Bonchev–Trinajstić information content (AvgIpc) is 2.39. The van der Waals surface area contributed by atoms with E-state index in [2.05, 4.69) is 27.7 Å². The monoisotopic (exact) mass is 440 g/mol. The summed E-state index contributed by atoms with van der Waals surface area (Å²) in [6.45, 7) is 9.50. The molecule has 0 atom stereocenters. The zero-order valence-corrected chi connectivity index (χ0v) is 15.0. The molecule has 2 aliphatic heterocycles. The van der Waals surface area contributed by atoms with Crippen LogP contribution in [-0.4, -0.2) is 59.8 Å². The number of allylic oxidation sites excluding steroid dienone is 4. The van der Waals surface area contributed by atoms with Gasteiger partial charge in [-0.3, -0.25) is 0 Å². The van der Waals surface area contributed by atoms with Crippen molar-refractivity contribution in [3.8, 4) is 0 Å². The van der Waals surface area contributed by atoms with Crippen molar-refractivity contribution < 1.29 is 0 Å². The maximum atomic E-state index is 2.38. The standard InChI is InChI=1S/C9H12Se4/c1-5-6(2)11-9(10-5)12-7(3)8(4)13-9/h1-4H3. The van der Waals surface area contributed by atoms with Gasteiger partial charge in [-0.15, -0.1) is 0 Å². The van der Waals surface area contributed by atoms with Crippen LogP contribution in [0.4, 0.5) is 0 Å². The molecule has 2 rings (SSSR count). The first-order chi connectivity index (χ1) is 6.02. The van der Waals surface area contributed by atoms with Crippen LogP contribution in [0.3, 0.4) is 0 Å². The summed E-state index contributed by atoms with van der Waals surface area (Å²) in [4.78, 5) is 0. The Morgan fingerprint density at radius 1 is 0.615 bits per heavy atom. The van der Waals surface area contributed by atoms with Gasteiger partial charge in [-0.05, 0) is 0 Å². The van der Waals surface area contributed by atoms with Crippen molar-refractivity contribution in [3.05, 3.63) is 17.9 Å². The summed E-state index contributed by atoms with van der Waals surface area (Å²) in [6, 6.07) is 0. The van der Waals surface area contributed by atoms with Crippen molar-refractivity contribution in [2.45, 2.75) is 28.7 Å². The molecule has 0 amide bonds. The van der Waals surface area contributed by atoms with Crippen molar-refractivity contribution in [2.24, 2.45) is 0 Å². The summed E-state index contributed by atoms with van der Waals surface area (Å²) in [5.41, 5.74) is 0. The Bertz CT molecular complexity index is 250. The third-order valence-corrected chi connectivity index (χ3v) is 21.6. The Balaban J connectivity index is 2.16. The zero-order valence-electron chi connectivity index (χ0n) is 8.13. The summed E-state index contributed by atoms with van der Waals surface area (Å²) in [5.74, 6) is 0. The van der Waals surface area contributed by atoms with Crippen molar-refractivity contribution in [3.63, 3.8) is 0 Å². The van der Waals surface area contributed by atoms with Gasteiger partial charge in [-0.1, -0.05) is 0 Å². The third kappa shape index (κ3) is 2.07. The van der Waals surface area contributed by atoms with Crippen LogP contribution in [0.25, 0.3) is 0 Å². The molecule has 0 nitrogen and oxygen atoms in total. The molecule has 0 aromatic heterocycles. The Labute approximate surface area is 105 Å². The Kier molecular flexibility index (Phi) is 3.28. The number of hydrogen-bond acceptors (Lipinski definition) is 0. The first-order valence-electron chi connectivity index (χ1n) is 4.13. The van der Waals surface area contributed by atoms with Crippen molar-refractivity contribution >= 4 is 59.8 Å². The molecular weight excluding hydrogens is 424 g/mol. The molecule has 0 aliphatic carbocycles. The second-order valence-corrected chi connectivity index (χ2v) is 23.0. The van der Waals surface area contributed by atoms with Gasteiger partial charge in [0.15, 0.2) is 0 Å². The van der Waals surface area contributed by atoms with Gasteiger partial charge in [0.05, 0.1) is 0 Å². The molecule has 0 fully saturated rings. The fourth-order valence-corrected chi connectivity index (χ4v) is 26.9. The maximum absolute atomic E-state index is 2.38. The molecule has 0 unspecified atom stereocenters. The van der Waals surface area contributed by atoms with E-state index in [0.29, 0.717) is 0 Å². The minimum absolute atomic E-state index is 0.857. The molecule has 72 valence electrons. The normalized spacial score (nSPS) is 26.8. The second-order valence-electron chi connectivity index (χ2n) is 3.13. The SMILES string of the molecule is CC1=C(C)[Se]C2([Se]1)[Se]C(C)=C(C)[Se]2. The van der Waals surface area contributed by atoms with E-state index in [9.17, 15) is 0 Å². The fourth-order valence-electron chi connectivity index (χ4n) is 1.16. The van der Waals surface area contributed by atoms with E-state index < -0.39 is 0 Å². The Hall–Kier alpha value is 1.56. The predicted molar refractivity (Wildman–Crippen MR) is 62.5 cm³/mol. The second kappa shape index (κ2) is 3.85. The van der Waals surface area contributed by atoms with E-state index >= 15 is 0 Å². The quantitative estimate of drug-likeness (QED) is 0.504. The van der Waals surface area contributed by atoms with Crippen molar-refractivity contribution in [1.82, 2.24) is 0 Å². The summed E-state index contributed by atoms with van der Waals surface area (Å²) in [5, 5.41) is 0. The molecule has 0 radical (unpaired) electrons. The van der Waals surface area contributed by atoms with Crippen LogP contribution in [0.15, 0.2) is 17.9 Å². The molecule has 0 bridgehead atoms. The molecule has 0 N–H and O–H groups in total. The van der Waals surface area contributed by atoms with Gasteiger partial charge in [-0.2, -0.15) is 0 Å². The average molecular weight is 436 g/mol. The first kappa shape index (κ1) is 11.1. The van der Waals surface area contributed by atoms with Crippen LogP contribution in [0, 0.1) is 0 Å². The first-order valence-corrected chi connectivity index (χ1v) is 11.0. The summed E-state index contributed by atoms with van der Waals surface area (Å²) in [7, 11) is 0. The molecule has 0 aromatic rings. The zero-order chi connectivity index (χ0) is 9.64. The molecule has 2 heterocycles. The van der Waals surface area contributed by atoms with Crippen LogP contribution in [0.5, 0.6) is 0 Å². The Morgan fingerprint density at radius 3 is 1.08 bits per heavy atom. The van der Waals surface area contributed by atoms with E-state index in [1.807, 2.05) is 0 Å². The van der Waals surface area contributed by atoms with E-state index in [0.717, 1.165) is 60.8 Å². The van der Waals surface area contributed by atoms with E-state index in [4.69, 9.17) is 0 Å². The topological polar surface area (TPSA) is 0 Å².